The Morgan fingerprint density at radius 2 is 2.23 bits per heavy atom. The van der Waals surface area contributed by atoms with Crippen molar-refractivity contribution < 1.29 is 9.66 Å². The van der Waals surface area contributed by atoms with E-state index in [1.54, 1.807) is 18.2 Å². The lowest BCUT2D eigenvalue weighted by atomic mass is 10.3. The SMILES string of the molecule is CSCOc1ccccc1[N+](=O)[O-]. The zero-order valence-electron chi connectivity index (χ0n) is 7.10. The molecule has 0 atom stereocenters. The first-order valence-corrected chi connectivity index (χ1v) is 5.00. The van der Waals surface area contributed by atoms with Crippen molar-refractivity contribution in [2.75, 3.05) is 12.2 Å². The summed E-state index contributed by atoms with van der Waals surface area (Å²) in [6.07, 6.45) is 1.87. The molecule has 4 nitrogen and oxygen atoms in total. The monoisotopic (exact) mass is 199 g/mol. The van der Waals surface area contributed by atoms with Crippen molar-refractivity contribution in [1.82, 2.24) is 0 Å². The second-order valence-electron chi connectivity index (χ2n) is 2.28. The van der Waals surface area contributed by atoms with Gasteiger partial charge in [-0.3, -0.25) is 10.1 Å². The topological polar surface area (TPSA) is 52.4 Å². The second kappa shape index (κ2) is 4.71. The Bertz CT molecular complexity index is 303. The number of rotatable bonds is 4. The fraction of sp³-hybridized carbons (Fsp3) is 0.250. The lowest BCUT2D eigenvalue weighted by Crippen LogP contribution is -1.96. The Kier molecular flexibility index (Phi) is 3.57. The molecular formula is C8H9NO3S. The van der Waals surface area contributed by atoms with E-state index in [2.05, 4.69) is 0 Å². The summed E-state index contributed by atoms with van der Waals surface area (Å²) in [4.78, 5) is 10.1. The zero-order valence-corrected chi connectivity index (χ0v) is 7.91. The van der Waals surface area contributed by atoms with E-state index in [-0.39, 0.29) is 5.69 Å². The van der Waals surface area contributed by atoms with E-state index >= 15 is 0 Å². The number of thioether (sulfide) groups is 1. The molecule has 0 unspecified atom stereocenters. The van der Waals surface area contributed by atoms with Crippen LogP contribution in [0.1, 0.15) is 0 Å². The summed E-state index contributed by atoms with van der Waals surface area (Å²) >= 11 is 1.47. The van der Waals surface area contributed by atoms with Crippen LogP contribution in [-0.4, -0.2) is 17.1 Å². The molecule has 5 heteroatoms. The van der Waals surface area contributed by atoms with Gasteiger partial charge in [0.15, 0.2) is 5.75 Å². The third-order valence-corrected chi connectivity index (χ3v) is 1.75. The summed E-state index contributed by atoms with van der Waals surface area (Å²) in [5.74, 6) is 0.743. The fourth-order valence-electron chi connectivity index (χ4n) is 0.852. The van der Waals surface area contributed by atoms with Crippen molar-refractivity contribution in [2.24, 2.45) is 0 Å². The number of benzene rings is 1. The molecule has 0 bridgehead atoms. The number of nitro benzene ring substituents is 1. The van der Waals surface area contributed by atoms with Gasteiger partial charge in [-0.1, -0.05) is 12.1 Å². The van der Waals surface area contributed by atoms with Crippen LogP contribution >= 0.6 is 11.8 Å². The standard InChI is InChI=1S/C8H9NO3S/c1-13-6-12-8-5-3-2-4-7(8)9(10)11/h2-5H,6H2,1H3. The van der Waals surface area contributed by atoms with Crippen molar-refractivity contribution in [1.29, 1.82) is 0 Å². The van der Waals surface area contributed by atoms with E-state index in [0.717, 1.165) is 0 Å². The summed E-state index contributed by atoms with van der Waals surface area (Å²) < 4.78 is 5.17. The Morgan fingerprint density at radius 3 is 2.85 bits per heavy atom. The predicted molar refractivity (Wildman–Crippen MR) is 52.1 cm³/mol. The normalized spacial score (nSPS) is 9.62. The molecule has 0 aliphatic carbocycles. The van der Waals surface area contributed by atoms with Gasteiger partial charge in [-0.2, -0.15) is 0 Å². The van der Waals surface area contributed by atoms with Crippen molar-refractivity contribution >= 4 is 17.4 Å². The van der Waals surface area contributed by atoms with Gasteiger partial charge < -0.3 is 4.74 Å². The highest BCUT2D eigenvalue weighted by molar-refractivity contribution is 7.98. The van der Waals surface area contributed by atoms with Crippen LogP contribution < -0.4 is 4.74 Å². The number of nitrogens with zero attached hydrogens (tertiary/aromatic N) is 1. The van der Waals surface area contributed by atoms with E-state index < -0.39 is 4.92 Å². The number of hydrogen-bond acceptors (Lipinski definition) is 4. The maximum atomic E-state index is 10.5. The Balaban J connectivity index is 2.84. The summed E-state index contributed by atoms with van der Waals surface area (Å²) in [6.45, 7) is 0. The van der Waals surface area contributed by atoms with Crippen LogP contribution in [0.5, 0.6) is 5.75 Å². The van der Waals surface area contributed by atoms with Gasteiger partial charge in [0.2, 0.25) is 0 Å². The average molecular weight is 199 g/mol. The van der Waals surface area contributed by atoms with Crippen molar-refractivity contribution in [3.63, 3.8) is 0 Å². The van der Waals surface area contributed by atoms with Crippen LogP contribution in [0.25, 0.3) is 0 Å². The van der Waals surface area contributed by atoms with Crippen molar-refractivity contribution in [3.05, 3.63) is 34.4 Å². The van der Waals surface area contributed by atoms with E-state index in [1.807, 2.05) is 6.26 Å². The second-order valence-corrected chi connectivity index (χ2v) is 3.09. The summed E-state index contributed by atoms with van der Waals surface area (Å²) in [6, 6.07) is 6.34. The summed E-state index contributed by atoms with van der Waals surface area (Å²) in [7, 11) is 0. The molecule has 0 aliphatic heterocycles. The molecule has 1 aromatic rings. The van der Waals surface area contributed by atoms with E-state index in [0.29, 0.717) is 11.7 Å². The maximum Gasteiger partial charge on any atom is 0.310 e. The molecule has 0 heterocycles. The molecule has 0 amide bonds. The van der Waals surface area contributed by atoms with Gasteiger partial charge in [-0.25, -0.2) is 0 Å². The third-order valence-electron chi connectivity index (χ3n) is 1.39. The van der Waals surface area contributed by atoms with Gasteiger partial charge in [0.05, 0.1) is 4.92 Å². The van der Waals surface area contributed by atoms with E-state index in [9.17, 15) is 10.1 Å². The van der Waals surface area contributed by atoms with Crippen molar-refractivity contribution in [2.45, 2.75) is 0 Å². The van der Waals surface area contributed by atoms with Crippen molar-refractivity contribution in [3.8, 4) is 5.75 Å². The Labute approximate surface area is 80.1 Å². The first-order chi connectivity index (χ1) is 6.25. The molecule has 0 fully saturated rings. The van der Waals surface area contributed by atoms with Gasteiger partial charge in [-0.15, -0.1) is 11.8 Å². The number of hydrogen-bond donors (Lipinski definition) is 0. The lowest BCUT2D eigenvalue weighted by molar-refractivity contribution is -0.385. The summed E-state index contributed by atoms with van der Waals surface area (Å²) in [5, 5.41) is 10.5. The third kappa shape index (κ3) is 2.62. The number of nitro groups is 1. The number of ether oxygens (including phenoxy) is 1. The molecule has 0 radical (unpaired) electrons. The molecule has 70 valence electrons. The molecule has 1 aromatic carbocycles. The quantitative estimate of drug-likeness (QED) is 0.424. The minimum atomic E-state index is -0.449. The van der Waals surface area contributed by atoms with Gasteiger partial charge in [0.25, 0.3) is 0 Å². The Morgan fingerprint density at radius 1 is 1.54 bits per heavy atom. The first-order valence-electron chi connectivity index (χ1n) is 3.61. The highest BCUT2D eigenvalue weighted by atomic mass is 32.2. The smallest absolute Gasteiger partial charge is 0.310 e. The highest BCUT2D eigenvalue weighted by Crippen LogP contribution is 2.26. The molecular weight excluding hydrogens is 190 g/mol. The Hall–Kier alpha value is -1.23. The summed E-state index contributed by atoms with van der Waals surface area (Å²) in [5.41, 5.74) is 0.0107. The first kappa shape index (κ1) is 9.85. The average Bonchev–Trinajstić information content (AvgIpc) is 2.15. The molecule has 0 N–H and O–H groups in total. The minimum absolute atomic E-state index is 0.0107. The van der Waals surface area contributed by atoms with Gasteiger partial charge in [-0.05, 0) is 12.3 Å². The highest BCUT2D eigenvalue weighted by Gasteiger charge is 2.12. The van der Waals surface area contributed by atoms with Gasteiger partial charge in [0.1, 0.15) is 5.94 Å². The molecule has 0 saturated carbocycles. The zero-order chi connectivity index (χ0) is 9.68. The lowest BCUT2D eigenvalue weighted by Gasteiger charge is -2.03. The minimum Gasteiger partial charge on any atom is -0.476 e. The predicted octanol–water partition coefficient (Wildman–Crippen LogP) is 2.29. The van der Waals surface area contributed by atoms with Crippen LogP contribution in [0.15, 0.2) is 24.3 Å². The van der Waals surface area contributed by atoms with Crippen LogP contribution in [-0.2, 0) is 0 Å². The van der Waals surface area contributed by atoms with Crippen LogP contribution in [0.2, 0.25) is 0 Å². The van der Waals surface area contributed by atoms with E-state index in [1.165, 1.54) is 17.8 Å². The molecule has 0 saturated heterocycles. The molecule has 0 aliphatic rings. The maximum absolute atomic E-state index is 10.5. The van der Waals surface area contributed by atoms with Gasteiger partial charge in [0, 0.05) is 6.07 Å². The largest absolute Gasteiger partial charge is 0.476 e. The molecule has 1 rings (SSSR count). The molecule has 13 heavy (non-hydrogen) atoms. The van der Waals surface area contributed by atoms with E-state index in [4.69, 9.17) is 4.74 Å². The molecule has 0 spiro atoms. The fourth-order valence-corrected chi connectivity index (χ4v) is 1.10. The van der Waals surface area contributed by atoms with Crippen LogP contribution in [0.4, 0.5) is 5.69 Å². The van der Waals surface area contributed by atoms with Crippen LogP contribution in [0, 0.1) is 10.1 Å². The van der Waals surface area contributed by atoms with Crippen LogP contribution in [0.3, 0.4) is 0 Å². The molecule has 0 aromatic heterocycles. The number of para-hydroxylation sites is 2. The van der Waals surface area contributed by atoms with Gasteiger partial charge >= 0.3 is 5.69 Å².